The van der Waals surface area contributed by atoms with Gasteiger partial charge in [-0.1, -0.05) is 40.2 Å². The number of H-pyrrole nitrogens is 1. The Morgan fingerprint density at radius 1 is 0.750 bits per heavy atom. The van der Waals surface area contributed by atoms with E-state index in [0.717, 1.165) is 38.6 Å². The van der Waals surface area contributed by atoms with Crippen molar-refractivity contribution in [2.24, 2.45) is 0 Å². The molecule has 0 atom stereocenters. The first-order chi connectivity index (χ1) is 11.8. The van der Waals surface area contributed by atoms with Crippen LogP contribution in [0.1, 0.15) is 0 Å². The van der Waals surface area contributed by atoms with Gasteiger partial charge in [0, 0.05) is 22.4 Å². The lowest BCUT2D eigenvalue weighted by Crippen LogP contribution is -1.88. The van der Waals surface area contributed by atoms with Crippen molar-refractivity contribution in [3.05, 3.63) is 77.5 Å². The number of imidazole rings is 1. The van der Waals surface area contributed by atoms with E-state index in [0.29, 0.717) is 0 Å². The molecule has 4 aromatic rings. The van der Waals surface area contributed by atoms with Crippen molar-refractivity contribution in [1.82, 2.24) is 19.9 Å². The highest BCUT2D eigenvalue weighted by atomic mass is 79.9. The first-order valence-electron chi connectivity index (χ1n) is 7.50. The van der Waals surface area contributed by atoms with Crippen LogP contribution in [0.15, 0.2) is 77.5 Å². The van der Waals surface area contributed by atoms with Crippen LogP contribution >= 0.6 is 15.9 Å². The van der Waals surface area contributed by atoms with Gasteiger partial charge in [0.2, 0.25) is 0 Å². The lowest BCUT2D eigenvalue weighted by atomic mass is 10.2. The summed E-state index contributed by atoms with van der Waals surface area (Å²) >= 11 is 3.46. The van der Waals surface area contributed by atoms with Crippen LogP contribution in [0.5, 0.6) is 0 Å². The zero-order valence-electron chi connectivity index (χ0n) is 12.6. The second-order valence-corrected chi connectivity index (χ2v) is 6.16. The number of benzene rings is 1. The average Bonchev–Trinajstić information content (AvgIpc) is 3.09. The van der Waals surface area contributed by atoms with Gasteiger partial charge < -0.3 is 4.98 Å². The van der Waals surface area contributed by atoms with E-state index in [1.54, 1.807) is 12.4 Å². The van der Waals surface area contributed by atoms with Crippen molar-refractivity contribution in [1.29, 1.82) is 0 Å². The quantitative estimate of drug-likeness (QED) is 0.549. The van der Waals surface area contributed by atoms with Gasteiger partial charge in [-0.25, -0.2) is 4.98 Å². The van der Waals surface area contributed by atoms with Crippen LogP contribution in [0.2, 0.25) is 0 Å². The number of rotatable bonds is 3. The van der Waals surface area contributed by atoms with E-state index in [9.17, 15) is 0 Å². The van der Waals surface area contributed by atoms with Crippen molar-refractivity contribution in [3.8, 4) is 34.2 Å². The molecule has 0 aliphatic carbocycles. The zero-order valence-corrected chi connectivity index (χ0v) is 14.2. The number of aromatic amines is 1. The van der Waals surface area contributed by atoms with Crippen molar-refractivity contribution < 1.29 is 0 Å². The van der Waals surface area contributed by atoms with Crippen molar-refractivity contribution >= 4 is 15.9 Å². The summed E-state index contributed by atoms with van der Waals surface area (Å²) in [5.74, 6) is 0.795. The van der Waals surface area contributed by atoms with E-state index in [4.69, 9.17) is 4.98 Å². The Labute approximate surface area is 147 Å². The van der Waals surface area contributed by atoms with Crippen LogP contribution in [-0.4, -0.2) is 19.9 Å². The lowest BCUT2D eigenvalue weighted by molar-refractivity contribution is 1.27. The maximum atomic E-state index is 4.78. The largest absolute Gasteiger partial charge is 0.336 e. The Hall–Kier alpha value is -2.79. The summed E-state index contributed by atoms with van der Waals surface area (Å²) in [7, 11) is 0. The summed E-state index contributed by atoms with van der Waals surface area (Å²) < 4.78 is 1.03. The highest BCUT2D eigenvalue weighted by Crippen LogP contribution is 2.31. The van der Waals surface area contributed by atoms with Gasteiger partial charge in [-0.2, -0.15) is 0 Å². The van der Waals surface area contributed by atoms with E-state index in [1.807, 2.05) is 60.7 Å². The minimum absolute atomic E-state index is 0.795. The third kappa shape index (κ3) is 2.86. The molecule has 0 amide bonds. The fourth-order valence-electron chi connectivity index (χ4n) is 2.50. The topological polar surface area (TPSA) is 54.5 Å². The van der Waals surface area contributed by atoms with E-state index in [-0.39, 0.29) is 0 Å². The van der Waals surface area contributed by atoms with Gasteiger partial charge in [-0.05, 0) is 36.4 Å². The molecular weight excluding hydrogens is 364 g/mol. The van der Waals surface area contributed by atoms with Gasteiger partial charge in [-0.3, -0.25) is 9.97 Å². The first kappa shape index (κ1) is 14.8. The minimum atomic E-state index is 0.795. The molecule has 4 rings (SSSR count). The van der Waals surface area contributed by atoms with Crippen molar-refractivity contribution in [3.63, 3.8) is 0 Å². The maximum Gasteiger partial charge on any atom is 0.138 e. The van der Waals surface area contributed by atoms with Gasteiger partial charge in [0.05, 0.1) is 17.1 Å². The lowest BCUT2D eigenvalue weighted by Gasteiger charge is -2.00. The monoisotopic (exact) mass is 376 g/mol. The minimum Gasteiger partial charge on any atom is -0.336 e. The van der Waals surface area contributed by atoms with Crippen LogP contribution in [0.4, 0.5) is 0 Å². The third-order valence-electron chi connectivity index (χ3n) is 3.65. The van der Waals surface area contributed by atoms with Gasteiger partial charge in [-0.15, -0.1) is 0 Å². The Balaban J connectivity index is 1.89. The fourth-order valence-corrected chi connectivity index (χ4v) is 2.77. The van der Waals surface area contributed by atoms with Crippen LogP contribution < -0.4 is 0 Å². The number of nitrogens with zero attached hydrogens (tertiary/aromatic N) is 3. The standard InChI is InChI=1S/C19H13BrN4/c20-14-9-7-13(8-10-14)19-23-17(15-5-1-3-11-21-15)18(24-19)16-6-2-4-12-22-16/h1-12H,(H,23,24). The summed E-state index contributed by atoms with van der Waals surface area (Å²) in [6, 6.07) is 19.7. The van der Waals surface area contributed by atoms with Crippen LogP contribution in [0.25, 0.3) is 34.2 Å². The second kappa shape index (κ2) is 6.37. The van der Waals surface area contributed by atoms with Crippen molar-refractivity contribution in [2.45, 2.75) is 0 Å². The molecule has 0 spiro atoms. The van der Waals surface area contributed by atoms with E-state index >= 15 is 0 Å². The fraction of sp³-hybridized carbons (Fsp3) is 0. The van der Waals surface area contributed by atoms with Crippen LogP contribution in [0.3, 0.4) is 0 Å². The molecule has 0 saturated carbocycles. The molecule has 0 unspecified atom stereocenters. The van der Waals surface area contributed by atoms with E-state index < -0.39 is 0 Å². The highest BCUT2D eigenvalue weighted by molar-refractivity contribution is 9.10. The molecule has 116 valence electrons. The molecule has 3 heterocycles. The SMILES string of the molecule is Brc1ccc(-c2nc(-c3ccccn3)c(-c3ccccn3)[nH]2)cc1. The van der Waals surface area contributed by atoms with E-state index in [1.165, 1.54) is 0 Å². The van der Waals surface area contributed by atoms with Crippen molar-refractivity contribution in [2.75, 3.05) is 0 Å². The van der Waals surface area contributed by atoms with Crippen LogP contribution in [0, 0.1) is 0 Å². The summed E-state index contributed by atoms with van der Waals surface area (Å²) in [6.45, 7) is 0. The Morgan fingerprint density at radius 3 is 2.04 bits per heavy atom. The highest BCUT2D eigenvalue weighted by Gasteiger charge is 2.16. The number of aromatic nitrogens is 4. The molecule has 0 aliphatic heterocycles. The molecule has 0 bridgehead atoms. The summed E-state index contributed by atoms with van der Waals surface area (Å²) in [5, 5.41) is 0. The van der Waals surface area contributed by atoms with E-state index in [2.05, 4.69) is 30.9 Å². The maximum absolute atomic E-state index is 4.78. The molecular formula is C19H13BrN4. The summed E-state index contributed by atoms with van der Waals surface area (Å²) in [4.78, 5) is 17.1. The molecule has 24 heavy (non-hydrogen) atoms. The smallest absolute Gasteiger partial charge is 0.138 e. The number of halogens is 1. The number of hydrogen-bond donors (Lipinski definition) is 1. The molecule has 0 aliphatic rings. The zero-order chi connectivity index (χ0) is 16.4. The summed E-state index contributed by atoms with van der Waals surface area (Å²) in [5.41, 5.74) is 4.34. The number of nitrogens with one attached hydrogen (secondary N) is 1. The Bertz CT molecular complexity index is 891. The normalized spacial score (nSPS) is 10.7. The third-order valence-corrected chi connectivity index (χ3v) is 4.18. The van der Waals surface area contributed by atoms with Gasteiger partial charge >= 0.3 is 0 Å². The van der Waals surface area contributed by atoms with Crippen LogP contribution in [-0.2, 0) is 0 Å². The Morgan fingerprint density at radius 2 is 1.42 bits per heavy atom. The molecule has 3 aromatic heterocycles. The predicted octanol–water partition coefficient (Wildman–Crippen LogP) is 4.96. The molecule has 1 N–H and O–H groups in total. The average molecular weight is 377 g/mol. The Kier molecular flexibility index (Phi) is 3.92. The second-order valence-electron chi connectivity index (χ2n) is 5.25. The molecule has 0 saturated heterocycles. The van der Waals surface area contributed by atoms with Gasteiger partial charge in [0.1, 0.15) is 11.5 Å². The molecule has 1 aromatic carbocycles. The van der Waals surface area contributed by atoms with Gasteiger partial charge in [0.25, 0.3) is 0 Å². The number of pyridine rings is 2. The number of hydrogen-bond acceptors (Lipinski definition) is 3. The van der Waals surface area contributed by atoms with Gasteiger partial charge in [0.15, 0.2) is 0 Å². The molecule has 4 nitrogen and oxygen atoms in total. The predicted molar refractivity (Wildman–Crippen MR) is 98.2 cm³/mol. The summed E-state index contributed by atoms with van der Waals surface area (Å²) in [6.07, 6.45) is 3.54. The molecule has 0 fully saturated rings. The first-order valence-corrected chi connectivity index (χ1v) is 8.29. The molecule has 5 heteroatoms. The molecule has 0 radical (unpaired) electrons.